The largest absolute Gasteiger partial charge is 0.493 e. The molecule has 144 valence electrons. The molecular weight excluding hydrogens is 386 g/mol. The predicted molar refractivity (Wildman–Crippen MR) is 108 cm³/mol. The van der Waals surface area contributed by atoms with Crippen molar-refractivity contribution < 1.29 is 24.2 Å². The Kier molecular flexibility index (Phi) is 6.06. The zero-order valence-corrected chi connectivity index (χ0v) is 16.8. The summed E-state index contributed by atoms with van der Waals surface area (Å²) in [6, 6.07) is 3.88. The Morgan fingerprint density at radius 3 is 3.00 bits per heavy atom. The van der Waals surface area contributed by atoms with E-state index in [1.165, 1.54) is 16.7 Å². The topological polar surface area (TPSA) is 76.1 Å². The molecule has 1 atom stereocenters. The maximum Gasteiger partial charge on any atom is 0.303 e. The van der Waals surface area contributed by atoms with Crippen LogP contribution in [0.4, 0.5) is 0 Å². The van der Waals surface area contributed by atoms with Gasteiger partial charge in [-0.3, -0.25) is 14.5 Å². The van der Waals surface area contributed by atoms with Gasteiger partial charge in [0, 0.05) is 30.5 Å². The van der Waals surface area contributed by atoms with Crippen LogP contribution in [-0.2, 0) is 16.0 Å². The zero-order chi connectivity index (χ0) is 19.6. The Balaban J connectivity index is 1.84. The third kappa shape index (κ3) is 4.44. The highest BCUT2D eigenvalue weighted by atomic mass is 32.2. The van der Waals surface area contributed by atoms with Gasteiger partial charge >= 0.3 is 5.97 Å². The number of carboxylic acids is 1. The summed E-state index contributed by atoms with van der Waals surface area (Å²) in [6.45, 7) is 4.75. The molecule has 0 spiro atoms. The van der Waals surface area contributed by atoms with Gasteiger partial charge in [-0.05, 0) is 38.5 Å². The minimum Gasteiger partial charge on any atom is -0.493 e. The van der Waals surface area contributed by atoms with Crippen LogP contribution in [0, 0.1) is 0 Å². The van der Waals surface area contributed by atoms with Crippen molar-refractivity contribution in [1.82, 2.24) is 4.90 Å². The van der Waals surface area contributed by atoms with Gasteiger partial charge in [0.05, 0.1) is 11.5 Å². The number of nitrogens with zero attached hydrogens (tertiary/aromatic N) is 1. The molecule has 3 rings (SSSR count). The first-order chi connectivity index (χ1) is 12.9. The van der Waals surface area contributed by atoms with Crippen LogP contribution in [0.1, 0.15) is 37.8 Å². The van der Waals surface area contributed by atoms with Crippen LogP contribution in [0.3, 0.4) is 0 Å². The number of thiocarbonyl (C=S) groups is 1. The van der Waals surface area contributed by atoms with Crippen molar-refractivity contribution in [3.8, 4) is 11.5 Å². The van der Waals surface area contributed by atoms with Crippen LogP contribution in [0.15, 0.2) is 17.0 Å². The summed E-state index contributed by atoms with van der Waals surface area (Å²) < 4.78 is 12.0. The normalized spacial score (nSPS) is 20.1. The highest BCUT2D eigenvalue weighted by Crippen LogP contribution is 2.39. The highest BCUT2D eigenvalue weighted by Gasteiger charge is 2.32. The van der Waals surface area contributed by atoms with Crippen molar-refractivity contribution in [1.29, 1.82) is 0 Å². The van der Waals surface area contributed by atoms with Gasteiger partial charge in [0.2, 0.25) is 0 Å². The van der Waals surface area contributed by atoms with Crippen LogP contribution >= 0.6 is 24.0 Å². The number of ether oxygens (including phenoxy) is 2. The molecule has 27 heavy (non-hydrogen) atoms. The Morgan fingerprint density at radius 1 is 1.52 bits per heavy atom. The van der Waals surface area contributed by atoms with Crippen LogP contribution < -0.4 is 9.47 Å². The molecule has 0 unspecified atom stereocenters. The van der Waals surface area contributed by atoms with E-state index in [1.807, 2.05) is 26.0 Å². The molecule has 1 aromatic rings. The molecule has 1 aromatic carbocycles. The lowest BCUT2D eigenvalue weighted by molar-refractivity contribution is -0.137. The van der Waals surface area contributed by atoms with Gasteiger partial charge < -0.3 is 14.6 Å². The molecular formula is C19H21NO5S2. The van der Waals surface area contributed by atoms with Crippen molar-refractivity contribution in [2.24, 2.45) is 0 Å². The van der Waals surface area contributed by atoms with Crippen LogP contribution in [0.2, 0.25) is 0 Å². The quantitative estimate of drug-likeness (QED) is 0.548. The minimum atomic E-state index is -0.885. The molecule has 0 saturated carbocycles. The molecule has 0 aromatic heterocycles. The van der Waals surface area contributed by atoms with Gasteiger partial charge in [-0.15, -0.1) is 0 Å². The van der Waals surface area contributed by atoms with Crippen molar-refractivity contribution in [2.75, 3.05) is 13.2 Å². The van der Waals surface area contributed by atoms with E-state index in [0.717, 1.165) is 23.3 Å². The summed E-state index contributed by atoms with van der Waals surface area (Å²) >= 11 is 6.51. The fourth-order valence-corrected chi connectivity index (χ4v) is 4.37. The van der Waals surface area contributed by atoms with Gasteiger partial charge in [0.25, 0.3) is 5.91 Å². The predicted octanol–water partition coefficient (Wildman–Crippen LogP) is 3.47. The molecule has 1 fully saturated rings. The Hall–Kier alpha value is -2.06. The summed E-state index contributed by atoms with van der Waals surface area (Å²) in [6.07, 6.45) is 3.10. The Bertz CT molecular complexity index is 821. The molecule has 1 amide bonds. The number of benzene rings is 1. The number of fused-ring (bicyclic) bond motifs is 1. The van der Waals surface area contributed by atoms with E-state index in [1.54, 1.807) is 6.08 Å². The van der Waals surface area contributed by atoms with Crippen molar-refractivity contribution in [3.05, 3.63) is 28.2 Å². The summed E-state index contributed by atoms with van der Waals surface area (Å²) in [4.78, 5) is 25.3. The number of rotatable bonds is 7. The number of carboxylic acid groups (broad SMARTS) is 1. The maximum atomic E-state index is 12.7. The summed E-state index contributed by atoms with van der Waals surface area (Å²) in [7, 11) is 0. The van der Waals surface area contributed by atoms with Crippen molar-refractivity contribution in [2.45, 2.75) is 39.2 Å². The lowest BCUT2D eigenvalue weighted by Gasteiger charge is -2.13. The molecule has 6 nitrogen and oxygen atoms in total. The van der Waals surface area contributed by atoms with Gasteiger partial charge in [-0.2, -0.15) is 0 Å². The maximum absolute atomic E-state index is 12.7. The fraction of sp³-hybridized carbons (Fsp3) is 0.421. The number of hydrogen-bond donors (Lipinski definition) is 1. The van der Waals surface area contributed by atoms with E-state index in [4.69, 9.17) is 26.8 Å². The lowest BCUT2D eigenvalue weighted by atomic mass is 10.1. The summed E-state index contributed by atoms with van der Waals surface area (Å²) in [5.41, 5.74) is 1.88. The number of amides is 1. The molecule has 1 N–H and O–H groups in total. The number of carbonyl (C=O) groups excluding carboxylic acids is 1. The van der Waals surface area contributed by atoms with E-state index in [-0.39, 0.29) is 18.4 Å². The zero-order valence-electron chi connectivity index (χ0n) is 15.2. The van der Waals surface area contributed by atoms with Gasteiger partial charge in [0.15, 0.2) is 0 Å². The van der Waals surface area contributed by atoms with Crippen molar-refractivity contribution >= 4 is 46.3 Å². The molecule has 0 bridgehead atoms. The SMILES string of the molecule is CCOc1cc2c(cc1/C=C1\SC(=S)N(CCCC(=O)O)C1=O)O[C@H](C)C2. The second kappa shape index (κ2) is 8.31. The molecule has 0 radical (unpaired) electrons. The Labute approximate surface area is 167 Å². The lowest BCUT2D eigenvalue weighted by Crippen LogP contribution is -2.29. The average Bonchev–Trinajstić information content (AvgIpc) is 3.08. The van der Waals surface area contributed by atoms with E-state index in [2.05, 4.69) is 0 Å². The van der Waals surface area contributed by atoms with E-state index in [0.29, 0.717) is 34.5 Å². The molecule has 8 heteroatoms. The third-order valence-electron chi connectivity index (χ3n) is 4.26. The van der Waals surface area contributed by atoms with Gasteiger partial charge in [-0.1, -0.05) is 24.0 Å². The van der Waals surface area contributed by atoms with Crippen molar-refractivity contribution in [3.63, 3.8) is 0 Å². The minimum absolute atomic E-state index is 0.00490. The van der Waals surface area contributed by atoms with E-state index >= 15 is 0 Å². The van der Waals surface area contributed by atoms with Crippen LogP contribution in [-0.4, -0.2) is 45.5 Å². The summed E-state index contributed by atoms with van der Waals surface area (Å²) in [5, 5.41) is 8.76. The van der Waals surface area contributed by atoms with E-state index in [9.17, 15) is 9.59 Å². The van der Waals surface area contributed by atoms with Crippen LogP contribution in [0.5, 0.6) is 11.5 Å². The smallest absolute Gasteiger partial charge is 0.303 e. The first-order valence-electron chi connectivity index (χ1n) is 8.82. The molecule has 2 aliphatic rings. The standard InChI is InChI=1S/C19H21NO5S2/c1-3-24-14-8-12-7-11(2)25-15(12)9-13(14)10-16-18(23)20(19(26)27-16)6-4-5-17(21)22/h8-11H,3-7H2,1-2H3,(H,21,22)/b16-10-/t11-/m1/s1. The highest BCUT2D eigenvalue weighted by molar-refractivity contribution is 8.26. The van der Waals surface area contributed by atoms with Crippen LogP contribution in [0.25, 0.3) is 6.08 Å². The van der Waals surface area contributed by atoms with Gasteiger partial charge in [0.1, 0.15) is 21.9 Å². The second-order valence-electron chi connectivity index (χ2n) is 6.39. The molecule has 0 aliphatic carbocycles. The fourth-order valence-electron chi connectivity index (χ4n) is 3.07. The van der Waals surface area contributed by atoms with E-state index < -0.39 is 5.97 Å². The average molecular weight is 408 g/mol. The first kappa shape index (κ1) is 19.7. The molecule has 2 aliphatic heterocycles. The first-order valence-corrected chi connectivity index (χ1v) is 10.0. The number of carbonyl (C=O) groups is 2. The molecule has 2 heterocycles. The third-order valence-corrected chi connectivity index (χ3v) is 5.64. The number of aliphatic carboxylic acids is 1. The number of hydrogen-bond acceptors (Lipinski definition) is 6. The molecule has 1 saturated heterocycles. The monoisotopic (exact) mass is 407 g/mol. The second-order valence-corrected chi connectivity index (χ2v) is 8.07. The Morgan fingerprint density at radius 2 is 2.30 bits per heavy atom. The summed E-state index contributed by atoms with van der Waals surface area (Å²) in [5.74, 6) is 0.441. The number of thioether (sulfide) groups is 1. The van der Waals surface area contributed by atoms with Gasteiger partial charge in [-0.25, -0.2) is 0 Å².